The van der Waals surface area contributed by atoms with E-state index < -0.39 is 0 Å². The summed E-state index contributed by atoms with van der Waals surface area (Å²) in [6.07, 6.45) is 8.19. The molecule has 2 nitrogen and oxygen atoms in total. The van der Waals surface area contributed by atoms with E-state index in [9.17, 15) is 0 Å². The van der Waals surface area contributed by atoms with Gasteiger partial charge in [0.05, 0.1) is 0 Å². The number of benzene rings is 2. The van der Waals surface area contributed by atoms with Gasteiger partial charge in [-0.25, -0.2) is 0 Å². The molecular formula is C25H29NO. The Morgan fingerprint density at radius 1 is 1.07 bits per heavy atom. The highest BCUT2D eigenvalue weighted by molar-refractivity contribution is 5.51. The second-order valence-corrected chi connectivity index (χ2v) is 8.20. The molecule has 27 heavy (non-hydrogen) atoms. The van der Waals surface area contributed by atoms with E-state index in [1.54, 1.807) is 0 Å². The summed E-state index contributed by atoms with van der Waals surface area (Å²) >= 11 is 0. The van der Waals surface area contributed by atoms with Gasteiger partial charge >= 0.3 is 0 Å². The van der Waals surface area contributed by atoms with E-state index in [2.05, 4.69) is 80.3 Å². The molecule has 140 valence electrons. The van der Waals surface area contributed by atoms with Gasteiger partial charge in [-0.15, -0.1) is 0 Å². The monoisotopic (exact) mass is 359 g/mol. The smallest absolute Gasteiger partial charge is 0.161 e. The van der Waals surface area contributed by atoms with Crippen molar-refractivity contribution >= 4 is 5.69 Å². The Morgan fingerprint density at radius 3 is 2.59 bits per heavy atom. The summed E-state index contributed by atoms with van der Waals surface area (Å²) in [6, 6.07) is 17.2. The standard InChI is InChI=1S/C25H29NO/c1-18(2)24-13-10-21(14-19(24)3)15-20-8-11-23(12-9-20)26-16-22-6-4-5-7-25(22)27-17-26/h4-14,18-19,24H,15-17H2,1-3H3. The molecule has 0 radical (unpaired) electrons. The first-order valence-corrected chi connectivity index (χ1v) is 10.0. The highest BCUT2D eigenvalue weighted by Crippen LogP contribution is 2.31. The Kier molecular flexibility index (Phi) is 5.07. The van der Waals surface area contributed by atoms with Crippen molar-refractivity contribution < 1.29 is 4.74 Å². The maximum Gasteiger partial charge on any atom is 0.161 e. The van der Waals surface area contributed by atoms with Crippen molar-refractivity contribution in [3.63, 3.8) is 0 Å². The molecule has 1 heterocycles. The van der Waals surface area contributed by atoms with Gasteiger partial charge in [0.15, 0.2) is 6.73 Å². The van der Waals surface area contributed by atoms with Crippen LogP contribution in [0.2, 0.25) is 0 Å². The predicted octanol–water partition coefficient (Wildman–Crippen LogP) is 5.99. The molecule has 1 aliphatic heterocycles. The average molecular weight is 360 g/mol. The van der Waals surface area contributed by atoms with Crippen molar-refractivity contribution in [2.75, 3.05) is 11.6 Å². The zero-order valence-corrected chi connectivity index (χ0v) is 16.6. The molecule has 2 unspecified atom stereocenters. The number of hydrogen-bond donors (Lipinski definition) is 0. The molecule has 1 aliphatic carbocycles. The number of nitrogens with zero attached hydrogens (tertiary/aromatic N) is 1. The van der Waals surface area contributed by atoms with Gasteiger partial charge in [0.1, 0.15) is 5.75 Å². The van der Waals surface area contributed by atoms with Crippen LogP contribution in [0, 0.1) is 17.8 Å². The Morgan fingerprint density at radius 2 is 1.85 bits per heavy atom. The fourth-order valence-electron chi connectivity index (χ4n) is 4.26. The number of fused-ring (bicyclic) bond motifs is 1. The molecule has 0 amide bonds. The fourth-order valence-corrected chi connectivity index (χ4v) is 4.26. The van der Waals surface area contributed by atoms with E-state index in [0.717, 1.165) is 18.7 Å². The average Bonchev–Trinajstić information content (AvgIpc) is 2.68. The third-order valence-electron chi connectivity index (χ3n) is 5.81. The lowest BCUT2D eigenvalue weighted by Gasteiger charge is -2.30. The molecule has 0 N–H and O–H groups in total. The third-order valence-corrected chi connectivity index (χ3v) is 5.81. The molecule has 0 aromatic heterocycles. The van der Waals surface area contributed by atoms with Crippen molar-refractivity contribution in [1.82, 2.24) is 0 Å². The number of hydrogen-bond acceptors (Lipinski definition) is 2. The van der Waals surface area contributed by atoms with Gasteiger partial charge in [0, 0.05) is 17.8 Å². The van der Waals surface area contributed by atoms with Crippen molar-refractivity contribution in [3.8, 4) is 5.75 Å². The molecule has 2 atom stereocenters. The first-order chi connectivity index (χ1) is 13.1. The topological polar surface area (TPSA) is 12.5 Å². The van der Waals surface area contributed by atoms with Crippen LogP contribution in [0.15, 0.2) is 72.3 Å². The van der Waals surface area contributed by atoms with Crippen LogP contribution < -0.4 is 9.64 Å². The van der Waals surface area contributed by atoms with Crippen LogP contribution in [0.1, 0.15) is 31.9 Å². The SMILES string of the molecule is CC(C)C1C=CC(Cc2ccc(N3COc4ccccc4C3)cc2)=CC1C. The number of rotatable bonds is 4. The molecule has 0 spiro atoms. The second-order valence-electron chi connectivity index (χ2n) is 8.20. The van der Waals surface area contributed by atoms with E-state index in [-0.39, 0.29) is 0 Å². The molecule has 0 bridgehead atoms. The van der Waals surface area contributed by atoms with E-state index >= 15 is 0 Å². The summed E-state index contributed by atoms with van der Waals surface area (Å²) in [5, 5.41) is 0. The fraction of sp³-hybridized carbons (Fsp3) is 0.360. The molecule has 4 rings (SSSR count). The Bertz CT molecular complexity index is 847. The maximum atomic E-state index is 5.89. The Labute approximate surface area is 163 Å². The van der Waals surface area contributed by atoms with Crippen molar-refractivity contribution in [1.29, 1.82) is 0 Å². The van der Waals surface area contributed by atoms with E-state index in [1.165, 1.54) is 22.4 Å². The maximum absolute atomic E-state index is 5.89. The largest absolute Gasteiger partial charge is 0.473 e. The molecule has 2 aliphatic rings. The van der Waals surface area contributed by atoms with E-state index in [1.807, 2.05) is 12.1 Å². The predicted molar refractivity (Wildman–Crippen MR) is 113 cm³/mol. The number of allylic oxidation sites excluding steroid dienone is 4. The number of anilines is 1. The van der Waals surface area contributed by atoms with Crippen LogP contribution in [0.3, 0.4) is 0 Å². The van der Waals surface area contributed by atoms with Gasteiger partial charge in [0.25, 0.3) is 0 Å². The molecule has 2 aromatic rings. The lowest BCUT2D eigenvalue weighted by molar-refractivity contribution is 0.289. The first kappa shape index (κ1) is 17.9. The van der Waals surface area contributed by atoms with Crippen LogP contribution in [0.25, 0.3) is 0 Å². The normalized spacial score (nSPS) is 21.6. The zero-order chi connectivity index (χ0) is 18.8. The molecule has 0 saturated carbocycles. The number of para-hydroxylation sites is 1. The van der Waals surface area contributed by atoms with Gasteiger partial charge in [0.2, 0.25) is 0 Å². The first-order valence-electron chi connectivity index (χ1n) is 10.0. The molecular weight excluding hydrogens is 330 g/mol. The Balaban J connectivity index is 1.42. The van der Waals surface area contributed by atoms with Crippen molar-refractivity contribution in [2.24, 2.45) is 17.8 Å². The van der Waals surface area contributed by atoms with Crippen LogP contribution in [0.5, 0.6) is 5.75 Å². The molecule has 0 fully saturated rings. The summed E-state index contributed by atoms with van der Waals surface area (Å²) in [4.78, 5) is 2.28. The van der Waals surface area contributed by atoms with Crippen LogP contribution in [-0.2, 0) is 13.0 Å². The van der Waals surface area contributed by atoms with Gasteiger partial charge in [-0.3, -0.25) is 0 Å². The summed E-state index contributed by atoms with van der Waals surface area (Å²) in [5.74, 6) is 2.99. The summed E-state index contributed by atoms with van der Waals surface area (Å²) in [6.45, 7) is 8.47. The van der Waals surface area contributed by atoms with E-state index in [0.29, 0.717) is 24.5 Å². The summed E-state index contributed by atoms with van der Waals surface area (Å²) in [5.41, 5.74) is 5.26. The lowest BCUT2D eigenvalue weighted by Crippen LogP contribution is -2.31. The minimum atomic E-state index is 0.609. The third kappa shape index (κ3) is 3.95. The highest BCUT2D eigenvalue weighted by atomic mass is 16.5. The van der Waals surface area contributed by atoms with Crippen molar-refractivity contribution in [2.45, 2.75) is 33.7 Å². The zero-order valence-electron chi connectivity index (χ0n) is 16.6. The molecule has 2 heteroatoms. The van der Waals surface area contributed by atoms with Crippen LogP contribution in [0.4, 0.5) is 5.69 Å². The van der Waals surface area contributed by atoms with Gasteiger partial charge in [-0.2, -0.15) is 0 Å². The van der Waals surface area contributed by atoms with Crippen LogP contribution in [-0.4, -0.2) is 6.73 Å². The van der Waals surface area contributed by atoms with Crippen molar-refractivity contribution in [3.05, 3.63) is 83.5 Å². The molecule has 0 saturated heterocycles. The van der Waals surface area contributed by atoms with Crippen LogP contribution >= 0.6 is 0 Å². The summed E-state index contributed by atoms with van der Waals surface area (Å²) < 4.78 is 5.89. The van der Waals surface area contributed by atoms with Gasteiger partial charge < -0.3 is 9.64 Å². The Hall–Kier alpha value is -2.48. The van der Waals surface area contributed by atoms with E-state index in [4.69, 9.17) is 4.74 Å². The summed E-state index contributed by atoms with van der Waals surface area (Å²) in [7, 11) is 0. The quantitative estimate of drug-likeness (QED) is 0.665. The molecule has 2 aromatic carbocycles. The number of ether oxygens (including phenoxy) is 1. The van der Waals surface area contributed by atoms with Gasteiger partial charge in [-0.1, -0.05) is 69.3 Å². The lowest BCUT2D eigenvalue weighted by atomic mass is 9.79. The van der Waals surface area contributed by atoms with Gasteiger partial charge in [-0.05, 0) is 53.5 Å². The minimum absolute atomic E-state index is 0.609. The highest BCUT2D eigenvalue weighted by Gasteiger charge is 2.20. The minimum Gasteiger partial charge on any atom is -0.473 e. The second kappa shape index (κ2) is 7.64.